The smallest absolute Gasteiger partial charge is 0.305 e. The summed E-state index contributed by atoms with van der Waals surface area (Å²) in [7, 11) is 0. The number of hydrogen-bond acceptors (Lipinski definition) is 5. The van der Waals surface area contributed by atoms with Gasteiger partial charge in [-0.15, -0.1) is 0 Å². The zero-order chi connectivity index (χ0) is 66.3. The Bertz CT molecular complexity index is 1450. The summed E-state index contributed by atoms with van der Waals surface area (Å²) in [4.78, 5) is 24.7. The van der Waals surface area contributed by atoms with Crippen molar-refractivity contribution in [1.82, 2.24) is 5.32 Å². The molecule has 0 fully saturated rings. The molecule has 546 valence electrons. The molecular weight excluding hydrogens is 1130 g/mol. The highest BCUT2D eigenvalue weighted by Crippen LogP contribution is 2.21. The fourth-order valence-corrected chi connectivity index (χ4v) is 13.8. The van der Waals surface area contributed by atoms with E-state index in [0.29, 0.717) is 25.9 Å². The van der Waals surface area contributed by atoms with E-state index in [1.807, 2.05) is 0 Å². The van der Waals surface area contributed by atoms with Crippen LogP contribution in [0.1, 0.15) is 489 Å². The van der Waals surface area contributed by atoms with Gasteiger partial charge in [-0.2, -0.15) is 0 Å². The minimum absolute atomic E-state index is 0.0200. The van der Waals surface area contributed by atoms with Crippen molar-refractivity contribution in [2.24, 2.45) is 0 Å². The average molecular weight is 1300 g/mol. The van der Waals surface area contributed by atoms with Gasteiger partial charge in [0.15, 0.2) is 0 Å². The molecule has 0 aliphatic carbocycles. The second kappa shape index (κ2) is 81.8. The van der Waals surface area contributed by atoms with Crippen molar-refractivity contribution in [3.63, 3.8) is 0 Å². The van der Waals surface area contributed by atoms with Gasteiger partial charge in [-0.05, 0) is 57.8 Å². The first-order valence-electron chi connectivity index (χ1n) is 42.6. The number of allylic oxidation sites excluding steroid dienone is 4. The van der Waals surface area contributed by atoms with Crippen LogP contribution < -0.4 is 5.32 Å². The zero-order valence-corrected chi connectivity index (χ0v) is 62.8. The molecule has 0 aromatic rings. The second-order valence-electron chi connectivity index (χ2n) is 29.5. The molecule has 0 spiro atoms. The summed E-state index contributed by atoms with van der Waals surface area (Å²) < 4.78 is 5.52. The Morgan fingerprint density at radius 2 is 0.543 bits per heavy atom. The highest BCUT2D eigenvalue weighted by Gasteiger charge is 2.20. The van der Waals surface area contributed by atoms with Crippen molar-refractivity contribution in [1.29, 1.82) is 0 Å². The van der Waals surface area contributed by atoms with Crippen molar-refractivity contribution < 1.29 is 24.5 Å². The van der Waals surface area contributed by atoms with E-state index in [0.717, 1.165) is 44.9 Å². The molecule has 0 bridgehead atoms. The fraction of sp³-hybridized carbons (Fsp3) is 0.930. The molecule has 0 aliphatic rings. The van der Waals surface area contributed by atoms with E-state index in [-0.39, 0.29) is 18.5 Å². The Labute approximate surface area is 577 Å². The van der Waals surface area contributed by atoms with Gasteiger partial charge in [0.25, 0.3) is 0 Å². The van der Waals surface area contributed by atoms with Gasteiger partial charge in [0.1, 0.15) is 0 Å². The molecule has 0 saturated heterocycles. The van der Waals surface area contributed by atoms with Gasteiger partial charge < -0.3 is 20.3 Å². The molecule has 0 radical (unpaired) electrons. The van der Waals surface area contributed by atoms with Crippen LogP contribution in [0.25, 0.3) is 0 Å². The topological polar surface area (TPSA) is 95.9 Å². The number of ether oxygens (including phenoxy) is 1. The molecule has 0 saturated carbocycles. The number of esters is 1. The van der Waals surface area contributed by atoms with Crippen LogP contribution in [0, 0.1) is 0 Å². The number of carbonyl (C=O) groups excluding carboxylic acids is 2. The lowest BCUT2D eigenvalue weighted by Crippen LogP contribution is -2.45. The summed E-state index contributed by atoms with van der Waals surface area (Å²) in [6.07, 6.45) is 106. The number of aliphatic hydroxyl groups is 2. The molecule has 6 nitrogen and oxygen atoms in total. The predicted octanol–water partition coefficient (Wildman–Crippen LogP) is 28.4. The monoisotopic (exact) mass is 1290 g/mol. The van der Waals surface area contributed by atoms with Crippen LogP contribution in [-0.4, -0.2) is 47.4 Å². The molecule has 3 N–H and O–H groups in total. The lowest BCUT2D eigenvalue weighted by molar-refractivity contribution is -0.143. The number of unbranched alkanes of at least 4 members (excludes halogenated alkanes) is 66. The Morgan fingerprint density at radius 3 is 0.848 bits per heavy atom. The molecule has 6 heteroatoms. The van der Waals surface area contributed by atoms with Gasteiger partial charge >= 0.3 is 5.97 Å². The Kier molecular flexibility index (Phi) is 80.3. The molecule has 0 aliphatic heterocycles. The quantitative estimate of drug-likeness (QED) is 0.0320. The van der Waals surface area contributed by atoms with Crippen LogP contribution in [0.2, 0.25) is 0 Å². The van der Waals surface area contributed by atoms with Gasteiger partial charge in [0.2, 0.25) is 5.91 Å². The minimum atomic E-state index is -0.661. The van der Waals surface area contributed by atoms with Crippen molar-refractivity contribution >= 4 is 11.9 Å². The summed E-state index contributed by atoms with van der Waals surface area (Å²) in [5.41, 5.74) is 0. The maximum absolute atomic E-state index is 12.6. The average Bonchev–Trinajstić information content (AvgIpc) is 3.75. The van der Waals surface area contributed by atoms with Crippen LogP contribution in [-0.2, 0) is 14.3 Å². The summed E-state index contributed by atoms with van der Waals surface area (Å²) in [5.74, 6) is -0.00389. The molecule has 2 atom stereocenters. The SMILES string of the molecule is CCCCC/C=C\C/C=C\CCCCCCCCCCCC(=O)OCCCCCCCCCCCCCCCCCCCCCCCCCCCCCCCCCCCCCC(=O)NC(CO)C(O)CCCCCCCCCCCCCCCCCCCCCCC. The van der Waals surface area contributed by atoms with Crippen molar-refractivity contribution in [3.05, 3.63) is 24.3 Å². The van der Waals surface area contributed by atoms with E-state index in [9.17, 15) is 19.8 Å². The van der Waals surface area contributed by atoms with E-state index in [1.54, 1.807) is 0 Å². The number of carbonyl (C=O) groups is 2. The van der Waals surface area contributed by atoms with Crippen LogP contribution in [0.4, 0.5) is 0 Å². The second-order valence-corrected chi connectivity index (χ2v) is 29.5. The first-order valence-corrected chi connectivity index (χ1v) is 42.6. The first kappa shape index (κ1) is 90.3. The number of rotatable bonds is 81. The Morgan fingerprint density at radius 1 is 0.304 bits per heavy atom. The van der Waals surface area contributed by atoms with E-state index >= 15 is 0 Å². The number of aliphatic hydroxyl groups excluding tert-OH is 2. The van der Waals surface area contributed by atoms with Crippen LogP contribution >= 0.6 is 0 Å². The fourth-order valence-electron chi connectivity index (χ4n) is 13.8. The zero-order valence-electron chi connectivity index (χ0n) is 62.8. The van der Waals surface area contributed by atoms with Crippen LogP contribution in [0.3, 0.4) is 0 Å². The molecular formula is C86H167NO5. The Hall–Kier alpha value is -1.66. The van der Waals surface area contributed by atoms with Crippen molar-refractivity contribution in [2.45, 2.75) is 501 Å². The molecule has 1 amide bonds. The van der Waals surface area contributed by atoms with E-state index in [4.69, 9.17) is 4.74 Å². The first-order chi connectivity index (χ1) is 45.5. The largest absolute Gasteiger partial charge is 0.466 e. The van der Waals surface area contributed by atoms with Gasteiger partial charge in [-0.1, -0.05) is 443 Å². The number of hydrogen-bond donors (Lipinski definition) is 3. The van der Waals surface area contributed by atoms with Crippen molar-refractivity contribution in [3.8, 4) is 0 Å². The van der Waals surface area contributed by atoms with Gasteiger partial charge in [0, 0.05) is 12.8 Å². The number of nitrogens with one attached hydrogen (secondary N) is 1. The summed E-state index contributed by atoms with van der Waals surface area (Å²) in [6.45, 7) is 4.99. The molecule has 0 heterocycles. The maximum atomic E-state index is 12.6. The van der Waals surface area contributed by atoms with Gasteiger partial charge in [0.05, 0.1) is 25.4 Å². The highest BCUT2D eigenvalue weighted by atomic mass is 16.5. The minimum Gasteiger partial charge on any atom is -0.466 e. The Balaban J connectivity index is 3.30. The highest BCUT2D eigenvalue weighted by molar-refractivity contribution is 5.76. The van der Waals surface area contributed by atoms with E-state index in [1.165, 1.54) is 411 Å². The lowest BCUT2D eigenvalue weighted by Gasteiger charge is -2.22. The van der Waals surface area contributed by atoms with Gasteiger partial charge in [-0.25, -0.2) is 0 Å². The summed E-state index contributed by atoms with van der Waals surface area (Å²) in [6, 6.07) is -0.538. The number of amides is 1. The third kappa shape index (κ3) is 77.3. The lowest BCUT2D eigenvalue weighted by atomic mass is 10.0. The summed E-state index contributed by atoms with van der Waals surface area (Å²) >= 11 is 0. The van der Waals surface area contributed by atoms with E-state index in [2.05, 4.69) is 43.5 Å². The summed E-state index contributed by atoms with van der Waals surface area (Å²) in [5, 5.41) is 23.5. The van der Waals surface area contributed by atoms with Crippen molar-refractivity contribution in [2.75, 3.05) is 13.2 Å². The third-order valence-corrected chi connectivity index (χ3v) is 20.3. The molecule has 0 aromatic carbocycles. The molecule has 92 heavy (non-hydrogen) atoms. The molecule has 0 aromatic heterocycles. The predicted molar refractivity (Wildman–Crippen MR) is 407 cm³/mol. The molecule has 2 unspecified atom stereocenters. The normalized spacial score (nSPS) is 12.5. The van der Waals surface area contributed by atoms with Crippen LogP contribution in [0.5, 0.6) is 0 Å². The molecule has 0 rings (SSSR count). The van der Waals surface area contributed by atoms with Gasteiger partial charge in [-0.3, -0.25) is 9.59 Å². The standard InChI is InChI=1S/C86H167NO5/c1-3-5-7-9-11-13-15-17-19-21-23-39-43-46-50-54-58-62-66-70-74-78-84(89)83(82-88)87-85(90)79-75-71-67-63-59-55-51-47-44-40-37-35-33-31-29-27-25-24-26-28-30-32-34-36-38-41-45-49-53-57-61-65-69-73-77-81-92-86(91)80-76-72-68-64-60-56-52-48-42-22-20-18-16-14-12-10-8-6-4-2/h12,14,18,20,83-84,88-89H,3-11,13,15-17,19,21-82H2,1-2H3,(H,87,90)/b14-12-,20-18-. The third-order valence-electron chi connectivity index (χ3n) is 20.3. The van der Waals surface area contributed by atoms with Crippen LogP contribution in [0.15, 0.2) is 24.3 Å². The van der Waals surface area contributed by atoms with E-state index < -0.39 is 12.1 Å². The maximum Gasteiger partial charge on any atom is 0.305 e.